The van der Waals surface area contributed by atoms with Crippen molar-refractivity contribution in [2.45, 2.75) is 59.4 Å². The van der Waals surface area contributed by atoms with Crippen LogP contribution in [-0.4, -0.2) is 17.2 Å². The largest absolute Gasteiger partial charge is 0.380 e. The second-order valence-corrected chi connectivity index (χ2v) is 6.22. The minimum Gasteiger partial charge on any atom is -0.380 e. The van der Waals surface area contributed by atoms with Gasteiger partial charge in [0, 0.05) is 12.3 Å². The predicted molar refractivity (Wildman–Crippen MR) is 96.4 cm³/mol. The molecule has 0 aromatic carbocycles. The Morgan fingerprint density at radius 3 is 2.43 bits per heavy atom. The van der Waals surface area contributed by atoms with E-state index in [1.165, 1.54) is 12.8 Å². The zero-order valence-electron chi connectivity index (χ0n) is 13.7. The van der Waals surface area contributed by atoms with E-state index in [1.807, 2.05) is 13.8 Å². The molecule has 0 amide bonds. The van der Waals surface area contributed by atoms with Gasteiger partial charge in [0.15, 0.2) is 0 Å². The van der Waals surface area contributed by atoms with E-state index in [9.17, 15) is 0 Å². The average Bonchev–Trinajstić information content (AvgIpc) is 2.84. The maximum Gasteiger partial charge on any atom is 0.143 e. The lowest BCUT2D eigenvalue weighted by molar-refractivity contribution is 0.502. The molecule has 21 heavy (non-hydrogen) atoms. The molecule has 3 nitrogen and oxygen atoms in total. The predicted octanol–water partition coefficient (Wildman–Crippen LogP) is 5.43. The molecule has 0 spiro atoms. The average molecular weight is 305 g/mol. The lowest BCUT2D eigenvalue weighted by atomic mass is 10.1. The maximum absolute atomic E-state index is 4.64. The summed E-state index contributed by atoms with van der Waals surface area (Å²) in [5, 5.41) is 5.34. The Morgan fingerprint density at radius 1 is 1.33 bits per heavy atom. The number of aliphatic imine (C=N–C) groups is 1. The Balaban J connectivity index is 2.91. The summed E-state index contributed by atoms with van der Waals surface area (Å²) in [5.74, 6) is 0. The molecule has 4 heteroatoms. The van der Waals surface area contributed by atoms with E-state index in [2.05, 4.69) is 42.3 Å². The minimum atomic E-state index is 0.475. The van der Waals surface area contributed by atoms with Crippen LogP contribution >= 0.6 is 11.3 Å². The number of rotatable bonds is 9. The monoisotopic (exact) mass is 305 g/mol. The van der Waals surface area contributed by atoms with Crippen LogP contribution in [0, 0.1) is 0 Å². The van der Waals surface area contributed by atoms with Gasteiger partial charge < -0.3 is 5.32 Å². The molecule has 0 atom stereocenters. The van der Waals surface area contributed by atoms with E-state index >= 15 is 0 Å². The summed E-state index contributed by atoms with van der Waals surface area (Å²) in [6.45, 7) is 16.4. The summed E-state index contributed by atoms with van der Waals surface area (Å²) >= 11 is 1.57. The fourth-order valence-corrected chi connectivity index (χ4v) is 3.19. The molecular weight excluding hydrogens is 278 g/mol. The minimum absolute atomic E-state index is 0.475. The molecule has 0 aliphatic heterocycles. The maximum atomic E-state index is 4.64. The second-order valence-electron chi connectivity index (χ2n) is 5.24. The number of nitrogens with zero attached hydrogens (tertiary/aromatic N) is 2. The highest BCUT2D eigenvalue weighted by atomic mass is 32.1. The fourth-order valence-electron chi connectivity index (χ4n) is 2.22. The van der Waals surface area contributed by atoms with Gasteiger partial charge in [0.05, 0.1) is 5.70 Å². The van der Waals surface area contributed by atoms with E-state index in [0.717, 1.165) is 39.8 Å². The van der Waals surface area contributed by atoms with Gasteiger partial charge in [-0.2, -0.15) is 0 Å². The highest BCUT2D eigenvalue weighted by Crippen LogP contribution is 2.34. The lowest BCUT2D eigenvalue weighted by Gasteiger charge is -2.19. The van der Waals surface area contributed by atoms with Gasteiger partial charge in [0.25, 0.3) is 0 Å². The quantitative estimate of drug-likeness (QED) is 0.618. The van der Waals surface area contributed by atoms with Crippen LogP contribution in [0.3, 0.4) is 0 Å². The van der Waals surface area contributed by atoms with Crippen LogP contribution in [0.15, 0.2) is 18.2 Å². The smallest absolute Gasteiger partial charge is 0.143 e. The van der Waals surface area contributed by atoms with Gasteiger partial charge in [-0.25, -0.2) is 9.98 Å². The SMILES string of the molecule is C=C(NC(CCC)CCC)c1nc(C(=C)C)c(N=CC)s1. The number of hydrogen-bond donors (Lipinski definition) is 1. The van der Waals surface area contributed by atoms with E-state index in [4.69, 9.17) is 0 Å². The molecule has 1 aromatic heterocycles. The number of allylic oxidation sites excluding steroid dienone is 1. The topological polar surface area (TPSA) is 37.3 Å². The molecule has 0 saturated carbocycles. The Morgan fingerprint density at radius 2 is 1.95 bits per heavy atom. The van der Waals surface area contributed by atoms with Crippen molar-refractivity contribution in [3.05, 3.63) is 23.9 Å². The first kappa shape index (κ1) is 17.6. The molecule has 0 bridgehead atoms. The second kappa shape index (κ2) is 8.78. The molecule has 116 valence electrons. The molecule has 1 aromatic rings. The zero-order chi connectivity index (χ0) is 15.8. The molecular formula is C17H27N3S. The first-order valence-electron chi connectivity index (χ1n) is 7.64. The van der Waals surface area contributed by atoms with Gasteiger partial charge in [0.2, 0.25) is 0 Å². The van der Waals surface area contributed by atoms with Crippen molar-refractivity contribution in [1.29, 1.82) is 0 Å². The van der Waals surface area contributed by atoms with Crippen molar-refractivity contribution in [2.75, 3.05) is 0 Å². The van der Waals surface area contributed by atoms with E-state index < -0.39 is 0 Å². The van der Waals surface area contributed by atoms with Gasteiger partial charge in [0.1, 0.15) is 15.7 Å². The first-order chi connectivity index (χ1) is 10.0. The van der Waals surface area contributed by atoms with Gasteiger partial charge >= 0.3 is 0 Å². The van der Waals surface area contributed by atoms with E-state index in [-0.39, 0.29) is 0 Å². The van der Waals surface area contributed by atoms with Crippen molar-refractivity contribution in [1.82, 2.24) is 10.3 Å². The van der Waals surface area contributed by atoms with Crippen LogP contribution in [0.4, 0.5) is 5.00 Å². The third-order valence-electron chi connectivity index (χ3n) is 3.17. The van der Waals surface area contributed by atoms with Crippen molar-refractivity contribution < 1.29 is 0 Å². The Kier molecular flexibility index (Phi) is 7.37. The van der Waals surface area contributed by atoms with Gasteiger partial charge in [-0.3, -0.25) is 0 Å². The van der Waals surface area contributed by atoms with Crippen LogP contribution in [0.25, 0.3) is 11.3 Å². The van der Waals surface area contributed by atoms with Gasteiger partial charge in [-0.05, 0) is 32.3 Å². The summed E-state index contributed by atoms with van der Waals surface area (Å²) in [6.07, 6.45) is 6.45. The van der Waals surface area contributed by atoms with Crippen molar-refractivity contribution in [2.24, 2.45) is 4.99 Å². The summed E-state index contributed by atoms with van der Waals surface area (Å²) in [4.78, 5) is 9.03. The first-order valence-corrected chi connectivity index (χ1v) is 8.46. The van der Waals surface area contributed by atoms with Gasteiger partial charge in [-0.15, -0.1) is 0 Å². The van der Waals surface area contributed by atoms with E-state index in [1.54, 1.807) is 17.6 Å². The summed E-state index contributed by atoms with van der Waals surface area (Å²) in [5.41, 5.74) is 2.70. The molecule has 0 fully saturated rings. The molecule has 1 rings (SSSR count). The number of nitrogens with one attached hydrogen (secondary N) is 1. The summed E-state index contributed by atoms with van der Waals surface area (Å²) in [6, 6.07) is 0.475. The van der Waals surface area contributed by atoms with Crippen LogP contribution in [0.5, 0.6) is 0 Å². The number of hydrogen-bond acceptors (Lipinski definition) is 4. The Hall–Kier alpha value is -1.42. The Bertz CT molecular complexity index is 508. The van der Waals surface area contributed by atoms with Crippen molar-refractivity contribution in [3.8, 4) is 0 Å². The number of thiazole rings is 1. The molecule has 0 unspecified atom stereocenters. The lowest BCUT2D eigenvalue weighted by Crippen LogP contribution is -2.27. The molecule has 1 heterocycles. The fraction of sp³-hybridized carbons (Fsp3) is 0.529. The third-order valence-corrected chi connectivity index (χ3v) is 4.19. The molecule has 0 radical (unpaired) electrons. The molecule has 0 saturated heterocycles. The summed E-state index contributed by atoms with van der Waals surface area (Å²) < 4.78 is 0. The summed E-state index contributed by atoms with van der Waals surface area (Å²) in [7, 11) is 0. The van der Waals surface area contributed by atoms with Gasteiger partial charge in [-0.1, -0.05) is 51.2 Å². The highest BCUT2D eigenvalue weighted by molar-refractivity contribution is 7.16. The van der Waals surface area contributed by atoms with Crippen molar-refractivity contribution in [3.63, 3.8) is 0 Å². The molecule has 0 aliphatic carbocycles. The van der Waals surface area contributed by atoms with Crippen LogP contribution in [-0.2, 0) is 0 Å². The molecule has 1 N–H and O–H groups in total. The van der Waals surface area contributed by atoms with E-state index in [0.29, 0.717) is 6.04 Å². The standard InChI is InChI=1S/C17H27N3S/c1-7-10-14(11-8-2)19-13(6)16-20-15(12(4)5)17(21-16)18-9-3/h9,14,19H,4,6-8,10-11H2,1-3,5H3. The normalized spacial score (nSPS) is 11.3. The van der Waals surface area contributed by atoms with Crippen LogP contribution in [0.2, 0.25) is 0 Å². The van der Waals surface area contributed by atoms with Crippen molar-refractivity contribution >= 4 is 33.8 Å². The van der Waals surface area contributed by atoms with Crippen LogP contribution in [0.1, 0.15) is 64.1 Å². The Labute approximate surface area is 132 Å². The highest BCUT2D eigenvalue weighted by Gasteiger charge is 2.15. The van der Waals surface area contributed by atoms with Crippen LogP contribution < -0.4 is 5.32 Å². The number of aromatic nitrogens is 1. The third kappa shape index (κ3) is 5.12. The molecule has 0 aliphatic rings. The zero-order valence-corrected chi connectivity index (χ0v) is 14.5.